The third kappa shape index (κ3) is 8.09. The number of hydrogen-bond acceptors (Lipinski definition) is 2. The summed E-state index contributed by atoms with van der Waals surface area (Å²) in [6.45, 7) is -1.09. The quantitative estimate of drug-likeness (QED) is 0.226. The van der Waals surface area contributed by atoms with Crippen LogP contribution in [-0.4, -0.2) is 31.3 Å². The minimum absolute atomic E-state index is 0. The first-order chi connectivity index (χ1) is 13.2. The maximum atomic E-state index is 14.0. The number of nitrogens with zero attached hydrogens (tertiary/aromatic N) is 1. The highest BCUT2D eigenvalue weighted by Crippen LogP contribution is 2.37. The molecule has 0 aliphatic heterocycles. The average Bonchev–Trinajstić information content (AvgIpc) is 2.60. The van der Waals surface area contributed by atoms with Crippen molar-refractivity contribution in [1.82, 2.24) is 10.6 Å². The largest absolute Gasteiger partial charge is 0.434 e. The highest BCUT2D eigenvalue weighted by atomic mass is 127. The predicted octanol–water partition coefficient (Wildman–Crippen LogP) is 5.22. The first kappa shape index (κ1) is 25.6. The van der Waals surface area contributed by atoms with Gasteiger partial charge in [-0.2, -0.15) is 22.0 Å². The van der Waals surface area contributed by atoms with Gasteiger partial charge in [-0.3, -0.25) is 0 Å². The molecule has 0 heterocycles. The molecule has 0 unspecified atom stereocenters. The summed E-state index contributed by atoms with van der Waals surface area (Å²) in [7, 11) is 0. The maximum absolute atomic E-state index is 14.0. The van der Waals surface area contributed by atoms with Gasteiger partial charge in [0.2, 0.25) is 0 Å². The number of ether oxygens (including phenoxy) is 1. The first-order valence-electron chi connectivity index (χ1n) is 9.04. The van der Waals surface area contributed by atoms with Crippen LogP contribution in [0.3, 0.4) is 0 Å². The lowest BCUT2D eigenvalue weighted by Gasteiger charge is -2.31. The average molecular weight is 539 g/mol. The zero-order valence-corrected chi connectivity index (χ0v) is 18.1. The third-order valence-corrected chi connectivity index (χ3v) is 4.56. The molecule has 0 radical (unpaired) electrons. The van der Waals surface area contributed by atoms with E-state index >= 15 is 0 Å². The Balaban J connectivity index is 0.00000420. The van der Waals surface area contributed by atoms with Gasteiger partial charge in [0.25, 0.3) is 0 Å². The van der Waals surface area contributed by atoms with Crippen LogP contribution in [0, 0.1) is 11.7 Å². The molecule has 0 aromatic heterocycles. The van der Waals surface area contributed by atoms with E-state index in [4.69, 9.17) is 0 Å². The summed E-state index contributed by atoms with van der Waals surface area (Å²) in [6, 6.07) is 3.39. The molecule has 0 saturated heterocycles. The summed E-state index contributed by atoms with van der Waals surface area (Å²) < 4.78 is 81.6. The van der Waals surface area contributed by atoms with Crippen LogP contribution in [0.1, 0.15) is 38.2 Å². The Kier molecular flexibility index (Phi) is 10.3. The van der Waals surface area contributed by atoms with Crippen molar-refractivity contribution >= 4 is 29.9 Å². The SMILES string of the molecule is CCNC(=NCc1c(F)cccc1OC(F)F)NC1CCC(C(F)(F)F)CC1.I. The number of alkyl halides is 5. The number of benzene rings is 1. The third-order valence-electron chi connectivity index (χ3n) is 4.56. The van der Waals surface area contributed by atoms with E-state index in [-0.39, 0.29) is 66.7 Å². The zero-order chi connectivity index (χ0) is 20.7. The Hall–Kier alpha value is -1.40. The molecule has 1 aromatic carbocycles. The van der Waals surface area contributed by atoms with E-state index < -0.39 is 24.5 Å². The van der Waals surface area contributed by atoms with Gasteiger partial charge in [-0.15, -0.1) is 24.0 Å². The predicted molar refractivity (Wildman–Crippen MR) is 108 cm³/mol. The molecule has 4 nitrogen and oxygen atoms in total. The van der Waals surface area contributed by atoms with E-state index in [0.717, 1.165) is 6.07 Å². The number of rotatable bonds is 6. The lowest BCUT2D eigenvalue weighted by atomic mass is 9.85. The molecular formula is C18H24F6IN3O. The molecular weight excluding hydrogens is 515 g/mol. The van der Waals surface area contributed by atoms with Gasteiger partial charge in [-0.05, 0) is 44.7 Å². The van der Waals surface area contributed by atoms with E-state index in [2.05, 4.69) is 20.4 Å². The molecule has 1 saturated carbocycles. The van der Waals surface area contributed by atoms with Gasteiger partial charge >= 0.3 is 12.8 Å². The second-order valence-corrected chi connectivity index (χ2v) is 6.52. The van der Waals surface area contributed by atoms with Crippen molar-refractivity contribution in [2.24, 2.45) is 10.9 Å². The summed E-state index contributed by atoms with van der Waals surface area (Å²) in [4.78, 5) is 4.18. The molecule has 11 heteroatoms. The van der Waals surface area contributed by atoms with E-state index in [1.165, 1.54) is 12.1 Å². The fraction of sp³-hybridized carbons (Fsp3) is 0.611. The molecule has 1 aliphatic carbocycles. The Morgan fingerprint density at radius 1 is 1.21 bits per heavy atom. The van der Waals surface area contributed by atoms with Gasteiger partial charge in [-0.25, -0.2) is 9.38 Å². The highest BCUT2D eigenvalue weighted by Gasteiger charge is 2.41. The van der Waals surface area contributed by atoms with Crippen LogP contribution in [0.2, 0.25) is 0 Å². The molecule has 1 aromatic rings. The van der Waals surface area contributed by atoms with Crippen molar-refractivity contribution in [2.75, 3.05) is 6.54 Å². The summed E-state index contributed by atoms with van der Waals surface area (Å²) >= 11 is 0. The molecule has 29 heavy (non-hydrogen) atoms. The minimum atomic E-state index is -4.19. The van der Waals surface area contributed by atoms with Gasteiger partial charge in [0.15, 0.2) is 5.96 Å². The highest BCUT2D eigenvalue weighted by molar-refractivity contribution is 14.0. The van der Waals surface area contributed by atoms with Gasteiger partial charge in [0.1, 0.15) is 11.6 Å². The van der Waals surface area contributed by atoms with Crippen molar-refractivity contribution in [2.45, 2.75) is 58.0 Å². The topological polar surface area (TPSA) is 45.7 Å². The second-order valence-electron chi connectivity index (χ2n) is 6.52. The molecule has 2 N–H and O–H groups in total. The number of nitrogens with one attached hydrogen (secondary N) is 2. The monoisotopic (exact) mass is 539 g/mol. The van der Waals surface area contributed by atoms with Gasteiger partial charge < -0.3 is 15.4 Å². The molecule has 1 fully saturated rings. The number of halogens is 7. The summed E-state index contributed by atoms with van der Waals surface area (Å²) in [5.74, 6) is -2.05. The summed E-state index contributed by atoms with van der Waals surface area (Å²) in [5.41, 5.74) is -0.124. The Labute approximate surface area is 182 Å². The normalized spacial score (nSPS) is 20.2. The van der Waals surface area contributed by atoms with Crippen LogP contribution in [0.25, 0.3) is 0 Å². The zero-order valence-electron chi connectivity index (χ0n) is 15.7. The molecule has 1 aliphatic rings. The Bertz CT molecular complexity index is 663. The molecule has 0 atom stereocenters. The van der Waals surface area contributed by atoms with Crippen molar-refractivity contribution in [3.05, 3.63) is 29.6 Å². The number of aliphatic imine (C=N–C) groups is 1. The standard InChI is InChI=1S/C18H23F6N3O.HI/c1-2-25-17(27-12-8-6-11(7-9-12)18(22,23)24)26-10-13-14(19)4-3-5-15(13)28-16(20)21;/h3-5,11-12,16H,2,6-10H2,1H3,(H2,25,26,27);1H. The lowest BCUT2D eigenvalue weighted by Crippen LogP contribution is -2.45. The number of guanidine groups is 1. The van der Waals surface area contributed by atoms with E-state index in [1.54, 1.807) is 6.92 Å². The van der Waals surface area contributed by atoms with Crippen molar-refractivity contribution < 1.29 is 31.1 Å². The fourth-order valence-electron chi connectivity index (χ4n) is 3.14. The minimum Gasteiger partial charge on any atom is -0.434 e. The van der Waals surface area contributed by atoms with Gasteiger partial charge in [0, 0.05) is 12.6 Å². The molecule has 0 bridgehead atoms. The van der Waals surface area contributed by atoms with Crippen LogP contribution in [0.4, 0.5) is 26.3 Å². The fourth-order valence-corrected chi connectivity index (χ4v) is 3.14. The summed E-state index contributed by atoms with van der Waals surface area (Å²) in [6.07, 6.45) is -3.47. The van der Waals surface area contributed by atoms with Gasteiger partial charge in [-0.1, -0.05) is 6.07 Å². The molecule has 0 amide bonds. The number of hydrogen-bond donors (Lipinski definition) is 2. The maximum Gasteiger partial charge on any atom is 0.391 e. The van der Waals surface area contributed by atoms with Gasteiger partial charge in [0.05, 0.1) is 18.0 Å². The van der Waals surface area contributed by atoms with E-state index in [1.807, 2.05) is 0 Å². The second kappa shape index (κ2) is 11.7. The van der Waals surface area contributed by atoms with Crippen LogP contribution < -0.4 is 15.4 Å². The van der Waals surface area contributed by atoms with Crippen LogP contribution >= 0.6 is 24.0 Å². The van der Waals surface area contributed by atoms with Crippen LogP contribution in [0.15, 0.2) is 23.2 Å². The Morgan fingerprint density at radius 2 is 1.86 bits per heavy atom. The van der Waals surface area contributed by atoms with Crippen LogP contribution in [0.5, 0.6) is 5.75 Å². The molecule has 2 rings (SSSR count). The van der Waals surface area contributed by atoms with Crippen LogP contribution in [-0.2, 0) is 6.54 Å². The van der Waals surface area contributed by atoms with Crippen molar-refractivity contribution in [3.8, 4) is 5.75 Å². The van der Waals surface area contributed by atoms with E-state index in [9.17, 15) is 26.3 Å². The first-order valence-corrected chi connectivity index (χ1v) is 9.04. The summed E-state index contributed by atoms with van der Waals surface area (Å²) in [5, 5.41) is 5.97. The molecule has 166 valence electrons. The Morgan fingerprint density at radius 3 is 2.41 bits per heavy atom. The van der Waals surface area contributed by atoms with Crippen molar-refractivity contribution in [3.63, 3.8) is 0 Å². The molecule has 0 spiro atoms. The van der Waals surface area contributed by atoms with E-state index in [0.29, 0.717) is 19.4 Å². The van der Waals surface area contributed by atoms with Crippen molar-refractivity contribution in [1.29, 1.82) is 0 Å². The lowest BCUT2D eigenvalue weighted by molar-refractivity contribution is -0.182. The smallest absolute Gasteiger partial charge is 0.391 e.